The van der Waals surface area contributed by atoms with E-state index < -0.39 is 10.0 Å². The highest BCUT2D eigenvalue weighted by atomic mass is 35.5. The lowest BCUT2D eigenvalue weighted by molar-refractivity contribution is -0.120. The number of sulfonamides is 1. The monoisotopic (exact) mass is 544 g/mol. The number of nitrogens with one attached hydrogen (secondary N) is 1. The molecule has 6 nitrogen and oxygen atoms in total. The van der Waals surface area contributed by atoms with Gasteiger partial charge in [0.15, 0.2) is 0 Å². The Morgan fingerprint density at radius 1 is 1.09 bits per heavy atom. The van der Waals surface area contributed by atoms with Crippen LogP contribution in [0, 0.1) is 0 Å². The number of ether oxygens (including phenoxy) is 1. The van der Waals surface area contributed by atoms with E-state index in [1.165, 1.54) is 0 Å². The number of carbonyl (C=O) groups is 1. The molecular weight excluding hydrogens is 515 g/mol. The second-order valence-corrected chi connectivity index (χ2v) is 12.0. The molecule has 34 heavy (non-hydrogen) atoms. The first-order valence-electron chi connectivity index (χ1n) is 11.3. The molecule has 186 valence electrons. The van der Waals surface area contributed by atoms with Crippen molar-refractivity contribution in [3.63, 3.8) is 0 Å². The van der Waals surface area contributed by atoms with E-state index in [2.05, 4.69) is 5.32 Å². The Bertz CT molecular complexity index is 1090. The van der Waals surface area contributed by atoms with Crippen molar-refractivity contribution in [1.29, 1.82) is 0 Å². The number of hydrogen-bond donors (Lipinski definition) is 1. The standard InChI is InChI=1S/C24H30Cl2N2O4S2/c1-32-23-9-8-21(34(30,31)28-12-3-2-4-13-28)15-18(23)6-10-24(29)27-11-14-33-17-19-5-7-20(25)16-22(19)26/h5,7-9,15-16H,2-4,6,10-14,17H2,1H3,(H,27,29). The highest BCUT2D eigenvalue weighted by Gasteiger charge is 2.26. The summed E-state index contributed by atoms with van der Waals surface area (Å²) in [5, 5.41) is 4.17. The quantitative estimate of drug-likeness (QED) is 0.395. The number of halogens is 2. The molecule has 0 aliphatic carbocycles. The third kappa shape index (κ3) is 7.52. The second kappa shape index (κ2) is 13.0. The Kier molecular flexibility index (Phi) is 10.4. The summed E-state index contributed by atoms with van der Waals surface area (Å²) < 4.78 is 33.0. The summed E-state index contributed by atoms with van der Waals surface area (Å²) in [5.74, 6) is 1.98. The molecule has 1 saturated heterocycles. The minimum atomic E-state index is -3.54. The average molecular weight is 546 g/mol. The van der Waals surface area contributed by atoms with Gasteiger partial charge in [-0.05, 0) is 60.7 Å². The number of hydrogen-bond acceptors (Lipinski definition) is 5. The molecule has 1 aliphatic rings. The first-order valence-corrected chi connectivity index (χ1v) is 14.6. The molecule has 0 aromatic heterocycles. The lowest BCUT2D eigenvalue weighted by Gasteiger charge is -2.26. The SMILES string of the molecule is COc1ccc(S(=O)(=O)N2CCCCC2)cc1CCC(=O)NCCSCc1ccc(Cl)cc1Cl. The molecule has 1 amide bonds. The molecule has 0 saturated carbocycles. The van der Waals surface area contributed by atoms with Gasteiger partial charge in [-0.3, -0.25) is 4.79 Å². The minimum Gasteiger partial charge on any atom is -0.496 e. The minimum absolute atomic E-state index is 0.0866. The maximum absolute atomic E-state index is 13.0. The van der Waals surface area contributed by atoms with Gasteiger partial charge >= 0.3 is 0 Å². The normalized spacial score (nSPS) is 14.7. The van der Waals surface area contributed by atoms with E-state index in [-0.39, 0.29) is 17.2 Å². The molecule has 0 spiro atoms. The van der Waals surface area contributed by atoms with E-state index in [0.717, 1.165) is 36.3 Å². The highest BCUT2D eigenvalue weighted by molar-refractivity contribution is 7.98. The molecule has 0 atom stereocenters. The fourth-order valence-corrected chi connectivity index (χ4v) is 6.77. The number of carbonyl (C=O) groups excluding carboxylic acids is 1. The first-order chi connectivity index (χ1) is 16.3. The summed E-state index contributed by atoms with van der Waals surface area (Å²) >= 11 is 13.8. The van der Waals surface area contributed by atoms with Crippen LogP contribution in [0.5, 0.6) is 5.75 Å². The van der Waals surface area contributed by atoms with Crippen molar-refractivity contribution in [2.45, 2.75) is 42.8 Å². The summed E-state index contributed by atoms with van der Waals surface area (Å²) in [6.07, 6.45) is 3.46. The number of amides is 1. The molecule has 1 fully saturated rings. The van der Waals surface area contributed by atoms with E-state index in [0.29, 0.717) is 47.4 Å². The van der Waals surface area contributed by atoms with Crippen LogP contribution in [0.3, 0.4) is 0 Å². The van der Waals surface area contributed by atoms with Crippen molar-refractivity contribution < 1.29 is 17.9 Å². The Morgan fingerprint density at radius 2 is 1.85 bits per heavy atom. The van der Waals surface area contributed by atoms with E-state index in [4.69, 9.17) is 27.9 Å². The predicted molar refractivity (Wildman–Crippen MR) is 140 cm³/mol. The second-order valence-electron chi connectivity index (χ2n) is 8.08. The molecule has 10 heteroatoms. The smallest absolute Gasteiger partial charge is 0.243 e. The molecule has 1 N–H and O–H groups in total. The number of benzene rings is 2. The van der Waals surface area contributed by atoms with Gasteiger partial charge < -0.3 is 10.1 Å². The van der Waals surface area contributed by atoms with Gasteiger partial charge in [0, 0.05) is 47.6 Å². The van der Waals surface area contributed by atoms with Crippen LogP contribution in [0.2, 0.25) is 10.0 Å². The lowest BCUT2D eigenvalue weighted by Crippen LogP contribution is -2.35. The Balaban J connectivity index is 1.49. The van der Waals surface area contributed by atoms with Crippen LogP contribution in [0.25, 0.3) is 0 Å². The fraction of sp³-hybridized carbons (Fsp3) is 0.458. The maximum Gasteiger partial charge on any atom is 0.243 e. The Labute approximate surface area is 216 Å². The largest absolute Gasteiger partial charge is 0.496 e. The van der Waals surface area contributed by atoms with Crippen LogP contribution < -0.4 is 10.1 Å². The van der Waals surface area contributed by atoms with Crippen molar-refractivity contribution in [3.8, 4) is 5.75 Å². The molecule has 0 unspecified atom stereocenters. The molecule has 0 radical (unpaired) electrons. The molecule has 0 bridgehead atoms. The predicted octanol–water partition coefficient (Wildman–Crippen LogP) is 5.16. The van der Waals surface area contributed by atoms with Gasteiger partial charge in [-0.2, -0.15) is 16.1 Å². The third-order valence-corrected chi connectivity index (χ3v) is 9.16. The van der Waals surface area contributed by atoms with Gasteiger partial charge in [0.05, 0.1) is 12.0 Å². The number of methoxy groups -OCH3 is 1. The van der Waals surface area contributed by atoms with Crippen molar-refractivity contribution in [1.82, 2.24) is 9.62 Å². The number of piperidine rings is 1. The third-order valence-electron chi connectivity index (χ3n) is 5.67. The zero-order valence-corrected chi connectivity index (χ0v) is 22.3. The summed E-state index contributed by atoms with van der Waals surface area (Å²) in [4.78, 5) is 12.6. The molecular formula is C24H30Cl2N2O4S2. The first kappa shape index (κ1) is 27.1. The Hall–Kier alpha value is -1.45. The molecule has 1 heterocycles. The summed E-state index contributed by atoms with van der Waals surface area (Å²) in [6.45, 7) is 1.64. The van der Waals surface area contributed by atoms with Crippen LogP contribution in [-0.4, -0.2) is 51.1 Å². The number of nitrogens with zero attached hydrogens (tertiary/aromatic N) is 1. The van der Waals surface area contributed by atoms with Gasteiger partial charge in [0.2, 0.25) is 15.9 Å². The van der Waals surface area contributed by atoms with Gasteiger partial charge in [-0.15, -0.1) is 0 Å². The lowest BCUT2D eigenvalue weighted by atomic mass is 10.1. The number of thioether (sulfide) groups is 1. The molecule has 2 aromatic carbocycles. The Morgan fingerprint density at radius 3 is 2.56 bits per heavy atom. The van der Waals surface area contributed by atoms with Crippen LogP contribution in [0.1, 0.15) is 36.8 Å². The van der Waals surface area contributed by atoms with E-state index >= 15 is 0 Å². The van der Waals surface area contributed by atoms with Gasteiger partial charge in [0.1, 0.15) is 5.75 Å². The fourth-order valence-electron chi connectivity index (χ4n) is 3.79. The van der Waals surface area contributed by atoms with Gasteiger partial charge in [-0.25, -0.2) is 8.42 Å². The molecule has 2 aromatic rings. The van der Waals surface area contributed by atoms with Crippen LogP contribution in [0.4, 0.5) is 0 Å². The van der Waals surface area contributed by atoms with Crippen LogP contribution >= 0.6 is 35.0 Å². The zero-order chi connectivity index (χ0) is 24.6. The summed E-state index contributed by atoms with van der Waals surface area (Å²) in [5.41, 5.74) is 1.72. The molecule has 1 aliphatic heterocycles. The number of aryl methyl sites for hydroxylation is 1. The van der Waals surface area contributed by atoms with Crippen molar-refractivity contribution in [3.05, 3.63) is 57.6 Å². The van der Waals surface area contributed by atoms with Crippen molar-refractivity contribution >= 4 is 50.9 Å². The van der Waals surface area contributed by atoms with Crippen molar-refractivity contribution in [2.24, 2.45) is 0 Å². The zero-order valence-electron chi connectivity index (χ0n) is 19.2. The van der Waals surface area contributed by atoms with Crippen LogP contribution in [0.15, 0.2) is 41.3 Å². The molecule has 3 rings (SSSR count). The van der Waals surface area contributed by atoms with Gasteiger partial charge in [-0.1, -0.05) is 35.7 Å². The summed E-state index contributed by atoms with van der Waals surface area (Å²) in [7, 11) is -2.00. The highest BCUT2D eigenvalue weighted by Crippen LogP contribution is 2.27. The van der Waals surface area contributed by atoms with E-state index in [1.54, 1.807) is 47.4 Å². The topological polar surface area (TPSA) is 75.7 Å². The van der Waals surface area contributed by atoms with Crippen molar-refractivity contribution in [2.75, 3.05) is 32.5 Å². The van der Waals surface area contributed by atoms with E-state index in [1.807, 2.05) is 12.1 Å². The van der Waals surface area contributed by atoms with E-state index in [9.17, 15) is 13.2 Å². The average Bonchev–Trinajstić information content (AvgIpc) is 2.84. The van der Waals surface area contributed by atoms with Crippen LogP contribution in [-0.2, 0) is 27.0 Å². The number of rotatable bonds is 11. The maximum atomic E-state index is 13.0. The van der Waals surface area contributed by atoms with Gasteiger partial charge in [0.25, 0.3) is 0 Å². The summed E-state index contributed by atoms with van der Waals surface area (Å²) in [6, 6.07) is 10.3.